The zero-order chi connectivity index (χ0) is 16.4. The highest BCUT2D eigenvalue weighted by Crippen LogP contribution is 2.33. The predicted octanol–water partition coefficient (Wildman–Crippen LogP) is 2.29. The number of hydrogen-bond donors (Lipinski definition) is 1. The van der Waals surface area contributed by atoms with Crippen LogP contribution in [0.4, 0.5) is 0 Å². The molecular weight excluding hydrogens is 300 g/mol. The molecule has 2 aliphatic heterocycles. The molecule has 128 valence electrons. The summed E-state index contributed by atoms with van der Waals surface area (Å²) >= 11 is 0. The van der Waals surface area contributed by atoms with E-state index in [1.807, 2.05) is 13.8 Å². The summed E-state index contributed by atoms with van der Waals surface area (Å²) in [6.07, 6.45) is 2.27. The molecule has 2 aliphatic rings. The second-order valence-corrected chi connectivity index (χ2v) is 9.62. The van der Waals surface area contributed by atoms with E-state index in [2.05, 4.69) is 20.8 Å². The summed E-state index contributed by atoms with van der Waals surface area (Å²) in [6.45, 7) is 11.0. The Morgan fingerprint density at radius 2 is 1.95 bits per heavy atom. The fraction of sp³-hybridized carbons (Fsp3) is 1.00. The van der Waals surface area contributed by atoms with E-state index < -0.39 is 5.79 Å². The van der Waals surface area contributed by atoms with Crippen LogP contribution in [-0.2, 0) is 18.6 Å². The summed E-state index contributed by atoms with van der Waals surface area (Å²) in [4.78, 5) is 0. The lowest BCUT2D eigenvalue weighted by atomic mass is 10.0. The average molecular weight is 330 g/mol. The molecule has 0 aromatic carbocycles. The van der Waals surface area contributed by atoms with Crippen molar-refractivity contribution in [3.05, 3.63) is 0 Å². The quantitative estimate of drug-likeness (QED) is 0.802. The Kier molecular flexibility index (Phi) is 6.07. The van der Waals surface area contributed by atoms with Crippen molar-refractivity contribution >= 4 is 9.76 Å². The van der Waals surface area contributed by atoms with Crippen LogP contribution in [0.1, 0.15) is 53.9 Å². The van der Waals surface area contributed by atoms with E-state index in [1.165, 1.54) is 0 Å². The van der Waals surface area contributed by atoms with Crippen LogP contribution in [0.25, 0.3) is 0 Å². The third-order valence-corrected chi connectivity index (χ3v) is 4.91. The Morgan fingerprint density at radius 3 is 2.59 bits per heavy atom. The molecule has 2 saturated heterocycles. The van der Waals surface area contributed by atoms with E-state index in [4.69, 9.17) is 18.6 Å². The van der Waals surface area contributed by atoms with Gasteiger partial charge in [-0.05, 0) is 38.1 Å². The van der Waals surface area contributed by atoms with E-state index in [0.717, 1.165) is 12.8 Å². The van der Waals surface area contributed by atoms with Crippen molar-refractivity contribution in [2.45, 2.75) is 89.1 Å². The number of aliphatic hydroxyl groups is 1. The molecular formula is C16H30O5Si. The lowest BCUT2D eigenvalue weighted by Crippen LogP contribution is -2.50. The van der Waals surface area contributed by atoms with Gasteiger partial charge in [0.25, 0.3) is 0 Å². The molecule has 0 bridgehead atoms. The van der Waals surface area contributed by atoms with Crippen LogP contribution < -0.4 is 0 Å². The minimum atomic E-state index is -0.551. The first kappa shape index (κ1) is 18.4. The first-order valence-electron chi connectivity index (χ1n) is 8.21. The summed E-state index contributed by atoms with van der Waals surface area (Å²) in [6, 6.07) is 0. The normalized spacial score (nSPS) is 35.7. The van der Waals surface area contributed by atoms with Crippen molar-refractivity contribution < 1.29 is 23.7 Å². The fourth-order valence-corrected chi connectivity index (χ4v) is 3.61. The molecule has 0 unspecified atom stereocenters. The highest BCUT2D eigenvalue weighted by molar-refractivity contribution is 6.31. The van der Waals surface area contributed by atoms with Crippen molar-refractivity contribution in [2.75, 3.05) is 13.2 Å². The molecule has 2 heterocycles. The molecule has 4 atom stereocenters. The van der Waals surface area contributed by atoms with Gasteiger partial charge in [-0.1, -0.05) is 20.8 Å². The van der Waals surface area contributed by atoms with Crippen molar-refractivity contribution in [2.24, 2.45) is 0 Å². The number of rotatable bonds is 4. The van der Waals surface area contributed by atoms with Crippen LogP contribution in [0.5, 0.6) is 0 Å². The predicted molar refractivity (Wildman–Crippen MR) is 84.8 cm³/mol. The second kappa shape index (κ2) is 7.28. The first-order valence-corrected chi connectivity index (χ1v) is 9.12. The van der Waals surface area contributed by atoms with Gasteiger partial charge in [0.1, 0.15) is 6.10 Å². The molecule has 2 fully saturated rings. The van der Waals surface area contributed by atoms with Gasteiger partial charge in [0.05, 0.1) is 24.9 Å². The van der Waals surface area contributed by atoms with E-state index in [-0.39, 0.29) is 36.1 Å². The van der Waals surface area contributed by atoms with Gasteiger partial charge in [-0.25, -0.2) is 0 Å². The van der Waals surface area contributed by atoms with Crippen LogP contribution in [0.15, 0.2) is 0 Å². The van der Waals surface area contributed by atoms with E-state index in [9.17, 15) is 5.11 Å². The SMILES string of the molecule is CC1(C)OC[C@H]2O[C@@H](CCO)[C@H](O[Si]C(C)(C)C)CC[C@@H]2O1. The van der Waals surface area contributed by atoms with Crippen molar-refractivity contribution in [1.82, 2.24) is 0 Å². The molecule has 22 heavy (non-hydrogen) atoms. The number of fused-ring (bicyclic) bond motifs is 1. The molecule has 5 nitrogen and oxygen atoms in total. The maximum atomic E-state index is 9.34. The van der Waals surface area contributed by atoms with Crippen LogP contribution in [0.2, 0.25) is 5.04 Å². The largest absolute Gasteiger partial charge is 0.411 e. The Morgan fingerprint density at radius 1 is 1.23 bits per heavy atom. The lowest BCUT2D eigenvalue weighted by Gasteiger charge is -2.40. The van der Waals surface area contributed by atoms with Gasteiger partial charge in [-0.3, -0.25) is 0 Å². The van der Waals surface area contributed by atoms with Gasteiger partial charge in [0, 0.05) is 6.61 Å². The highest BCUT2D eigenvalue weighted by atomic mass is 28.2. The minimum Gasteiger partial charge on any atom is -0.411 e. The molecule has 0 aromatic heterocycles. The monoisotopic (exact) mass is 330 g/mol. The van der Waals surface area contributed by atoms with Gasteiger partial charge in [-0.2, -0.15) is 0 Å². The zero-order valence-electron chi connectivity index (χ0n) is 14.4. The first-order chi connectivity index (χ1) is 10.2. The van der Waals surface area contributed by atoms with Gasteiger partial charge in [0.15, 0.2) is 5.79 Å². The summed E-state index contributed by atoms with van der Waals surface area (Å²) in [5.74, 6) is -0.551. The van der Waals surface area contributed by atoms with E-state index in [0.29, 0.717) is 22.8 Å². The lowest BCUT2D eigenvalue weighted by molar-refractivity contribution is -0.313. The number of hydrogen-bond acceptors (Lipinski definition) is 5. The summed E-state index contributed by atoms with van der Waals surface area (Å²) in [5, 5.41) is 9.48. The number of ether oxygens (including phenoxy) is 3. The molecule has 0 amide bonds. The zero-order valence-corrected chi connectivity index (χ0v) is 15.4. The molecule has 0 saturated carbocycles. The van der Waals surface area contributed by atoms with Crippen LogP contribution >= 0.6 is 0 Å². The molecule has 0 spiro atoms. The van der Waals surface area contributed by atoms with Crippen LogP contribution in [0, 0.1) is 0 Å². The Labute approximate surface area is 136 Å². The second-order valence-electron chi connectivity index (χ2n) is 7.68. The molecule has 6 heteroatoms. The van der Waals surface area contributed by atoms with Crippen LogP contribution in [-0.4, -0.2) is 58.3 Å². The highest BCUT2D eigenvalue weighted by Gasteiger charge is 2.42. The van der Waals surface area contributed by atoms with Crippen molar-refractivity contribution in [3.8, 4) is 0 Å². The van der Waals surface area contributed by atoms with Gasteiger partial charge in [0.2, 0.25) is 9.76 Å². The van der Waals surface area contributed by atoms with Gasteiger partial charge < -0.3 is 23.7 Å². The molecule has 0 aromatic rings. The summed E-state index contributed by atoms with van der Waals surface area (Å²) in [7, 11) is 0.416. The molecule has 0 aliphatic carbocycles. The maximum absolute atomic E-state index is 9.34. The molecule has 2 radical (unpaired) electrons. The molecule has 1 N–H and O–H groups in total. The van der Waals surface area contributed by atoms with E-state index >= 15 is 0 Å². The van der Waals surface area contributed by atoms with Gasteiger partial charge >= 0.3 is 0 Å². The van der Waals surface area contributed by atoms with Crippen LogP contribution in [0.3, 0.4) is 0 Å². The summed E-state index contributed by atoms with van der Waals surface area (Å²) < 4.78 is 24.1. The maximum Gasteiger partial charge on any atom is 0.236 e. The minimum absolute atomic E-state index is 0.0158. The number of aliphatic hydroxyl groups excluding tert-OH is 1. The third kappa shape index (κ3) is 5.28. The smallest absolute Gasteiger partial charge is 0.236 e. The Bertz CT molecular complexity index is 355. The average Bonchev–Trinajstić information content (AvgIpc) is 2.54. The Hall–Kier alpha value is 0.0169. The van der Waals surface area contributed by atoms with E-state index in [1.54, 1.807) is 0 Å². The molecule has 2 rings (SSSR count). The standard InChI is InChI=1S/C16H30O5Si/c1-15(2,3)22-21-13-7-6-12-14(19-11(13)8-9-17)10-18-16(4,5)20-12/h11-14,17H,6-10H2,1-5H3/t11-,12-,13+,14+/m0/s1. The van der Waals surface area contributed by atoms with Crippen molar-refractivity contribution in [1.29, 1.82) is 0 Å². The van der Waals surface area contributed by atoms with Gasteiger partial charge in [-0.15, -0.1) is 0 Å². The topological polar surface area (TPSA) is 57.2 Å². The van der Waals surface area contributed by atoms with Crippen molar-refractivity contribution in [3.63, 3.8) is 0 Å². The third-order valence-electron chi connectivity index (χ3n) is 3.88. The Balaban J connectivity index is 2.01. The fourth-order valence-electron chi connectivity index (χ4n) is 2.83. The summed E-state index contributed by atoms with van der Waals surface area (Å²) in [5.41, 5.74) is 0.